The number of rotatable bonds is 42. The van der Waals surface area contributed by atoms with Crippen molar-refractivity contribution in [2.45, 2.75) is 179 Å². The molecule has 30 nitrogen and oxygen atoms in total. The van der Waals surface area contributed by atoms with Crippen LogP contribution in [0.15, 0.2) is 176 Å². The number of phenols is 1. The number of amides is 11. The van der Waals surface area contributed by atoms with E-state index in [1.807, 2.05) is 78.9 Å². The molecule has 0 aliphatic heterocycles. The van der Waals surface area contributed by atoms with E-state index >= 15 is 0 Å². The van der Waals surface area contributed by atoms with Crippen molar-refractivity contribution in [2.75, 3.05) is 26.2 Å². The van der Waals surface area contributed by atoms with Gasteiger partial charge in [0.15, 0.2) is 6.61 Å². The van der Waals surface area contributed by atoms with Crippen LogP contribution in [0, 0.1) is 0 Å². The molecule has 0 radical (unpaired) electrons. The lowest BCUT2D eigenvalue weighted by Crippen LogP contribution is -2.59. The topological polar surface area (TPSA) is 441 Å². The third kappa shape index (κ3) is 32.1. The van der Waals surface area contributed by atoms with Crippen LogP contribution in [-0.4, -0.2) is 161 Å². The number of esters is 2. The number of unbranched alkanes of at least 4 members (excludes halogenated alkanes) is 1. The van der Waals surface area contributed by atoms with Crippen molar-refractivity contribution < 1.29 is 86.4 Å². The number of phenolic OH excluding ortho intramolecular Hbond substituents is 1. The quantitative estimate of drug-likeness (QED) is 0.0116. The molecule has 0 spiro atoms. The van der Waals surface area contributed by atoms with E-state index < -0.39 is 150 Å². The normalized spacial score (nSPS) is 12.8. The molecule has 11 amide bonds. The Bertz CT molecular complexity index is 4290. The second-order valence-electron chi connectivity index (χ2n) is 28.9. The van der Waals surface area contributed by atoms with Crippen molar-refractivity contribution >= 4 is 88.2 Å². The molecule has 30 heteroatoms. The fourth-order valence-electron chi connectivity index (χ4n) is 11.8. The first-order valence-electron chi connectivity index (χ1n) is 37.4. The number of para-hydroxylation sites is 1. The Morgan fingerprint density at radius 2 is 0.885 bits per heavy atom. The number of alkyl carbamates (subject to hydrolysis) is 2. The number of H-pyrrole nitrogens is 1. The van der Waals surface area contributed by atoms with Gasteiger partial charge in [-0.05, 0) is 132 Å². The van der Waals surface area contributed by atoms with Gasteiger partial charge in [-0.2, -0.15) is 0 Å². The van der Waals surface area contributed by atoms with Gasteiger partial charge in [0.25, 0.3) is 5.91 Å². The second kappa shape index (κ2) is 44.3. The lowest BCUT2D eigenvalue weighted by atomic mass is 9.99. The Labute approximate surface area is 655 Å². The van der Waals surface area contributed by atoms with Crippen LogP contribution in [-0.2, 0) is 97.6 Å². The molecule has 6 aromatic carbocycles. The SMILES string of the molecule is CC(C)(C)OC(=O)C[C@H](NC(=O)[C@H](CCCNC(=O)CCCCC(=O)NCCC[C@H](NC(=O)[C@H](Cc1ccc(O)cc1)NC(=O)OC(C)(C)C)C(=O)NCC(=O)OCC(=O)NC(c1ccccc1)c1ccccc1)NC(=O)[C@H](Cc1c[nH]c2ccccc12)NC(=O)OCc1ccccc1)C(=O)N[C@@H](Cc1ccccc1)C(N)=O. The molecule has 0 saturated carbocycles. The Hall–Kier alpha value is -12.6. The van der Waals surface area contributed by atoms with Crippen molar-refractivity contribution in [2.24, 2.45) is 5.73 Å². The van der Waals surface area contributed by atoms with Gasteiger partial charge in [-0.1, -0.05) is 152 Å². The minimum atomic E-state index is -1.70. The molecular weight excluding hydrogens is 1450 g/mol. The number of nitrogens with two attached hydrogens (primary N) is 1. The Morgan fingerprint density at radius 1 is 0.425 bits per heavy atom. The lowest BCUT2D eigenvalue weighted by molar-refractivity contribution is -0.156. The average molecular weight is 1560 g/mol. The zero-order valence-corrected chi connectivity index (χ0v) is 64.3. The molecule has 0 aliphatic rings. The maximum atomic E-state index is 14.7. The number of hydrogen-bond donors (Lipinski definition) is 13. The van der Waals surface area contributed by atoms with Gasteiger partial charge in [-0.3, -0.25) is 52.7 Å². The fraction of sp³-hybridized carbons (Fsp3) is 0.386. The van der Waals surface area contributed by atoms with Crippen LogP contribution in [0.1, 0.15) is 139 Å². The molecule has 0 fully saturated rings. The minimum Gasteiger partial charge on any atom is -0.508 e. The zero-order chi connectivity index (χ0) is 81.9. The van der Waals surface area contributed by atoms with Gasteiger partial charge >= 0.3 is 24.1 Å². The van der Waals surface area contributed by atoms with E-state index in [2.05, 4.69) is 58.2 Å². The monoisotopic (exact) mass is 1550 g/mol. The highest BCUT2D eigenvalue weighted by Crippen LogP contribution is 2.24. The molecule has 0 aliphatic carbocycles. The van der Waals surface area contributed by atoms with Gasteiger partial charge in [0.1, 0.15) is 66.4 Å². The number of fused-ring (bicyclic) bond motifs is 1. The van der Waals surface area contributed by atoms with E-state index in [1.165, 1.54) is 12.1 Å². The predicted molar refractivity (Wildman–Crippen MR) is 418 cm³/mol. The summed E-state index contributed by atoms with van der Waals surface area (Å²) in [6.07, 6.45) is -0.935. The number of nitrogens with one attached hydrogen (secondary N) is 11. The van der Waals surface area contributed by atoms with Gasteiger partial charge < -0.3 is 87.9 Å². The van der Waals surface area contributed by atoms with Crippen LogP contribution in [0.4, 0.5) is 9.59 Å². The summed E-state index contributed by atoms with van der Waals surface area (Å²) in [4.78, 5) is 181. The molecule has 6 atom stereocenters. The van der Waals surface area contributed by atoms with Gasteiger partial charge in [0, 0.05) is 62.3 Å². The van der Waals surface area contributed by atoms with E-state index in [9.17, 15) is 67.4 Å². The first-order chi connectivity index (χ1) is 53.9. The summed E-state index contributed by atoms with van der Waals surface area (Å²) in [5, 5.41) is 37.3. The molecule has 0 saturated heterocycles. The summed E-state index contributed by atoms with van der Waals surface area (Å²) in [6.45, 7) is 8.12. The van der Waals surface area contributed by atoms with E-state index in [0.29, 0.717) is 22.3 Å². The van der Waals surface area contributed by atoms with Gasteiger partial charge in [0.2, 0.25) is 47.3 Å². The zero-order valence-electron chi connectivity index (χ0n) is 64.3. The summed E-state index contributed by atoms with van der Waals surface area (Å²) in [5.41, 5.74) is 8.54. The van der Waals surface area contributed by atoms with Crippen LogP contribution in [0.5, 0.6) is 5.75 Å². The maximum Gasteiger partial charge on any atom is 0.408 e. The number of primary amides is 1. The summed E-state index contributed by atoms with van der Waals surface area (Å²) >= 11 is 0. The van der Waals surface area contributed by atoms with E-state index in [0.717, 1.165) is 22.0 Å². The molecule has 7 aromatic rings. The highest BCUT2D eigenvalue weighted by Gasteiger charge is 2.35. The van der Waals surface area contributed by atoms with E-state index in [1.54, 1.807) is 127 Å². The summed E-state index contributed by atoms with van der Waals surface area (Å²) < 4.78 is 21.7. The predicted octanol–water partition coefficient (Wildman–Crippen LogP) is 6.16. The first-order valence-corrected chi connectivity index (χ1v) is 37.4. The van der Waals surface area contributed by atoms with E-state index in [4.69, 9.17) is 24.7 Å². The highest BCUT2D eigenvalue weighted by molar-refractivity contribution is 5.97. The molecule has 1 aromatic heterocycles. The molecule has 0 unspecified atom stereocenters. The molecule has 7 rings (SSSR count). The summed E-state index contributed by atoms with van der Waals surface area (Å²) in [7, 11) is 0. The summed E-state index contributed by atoms with van der Waals surface area (Å²) in [6, 6.07) is 39.8. The molecule has 14 N–H and O–H groups in total. The number of aromatic amines is 1. The highest BCUT2D eigenvalue weighted by atomic mass is 16.6. The number of aromatic nitrogens is 1. The van der Waals surface area contributed by atoms with Crippen molar-refractivity contribution in [3.63, 3.8) is 0 Å². The van der Waals surface area contributed by atoms with Crippen molar-refractivity contribution in [1.82, 2.24) is 58.2 Å². The second-order valence-corrected chi connectivity index (χ2v) is 28.9. The molecule has 113 heavy (non-hydrogen) atoms. The average Bonchev–Trinajstić information content (AvgIpc) is 1.78. The number of carbonyl (C=O) groups excluding carboxylic acids is 13. The molecule has 0 bridgehead atoms. The minimum absolute atomic E-state index is 0.000311. The van der Waals surface area contributed by atoms with Crippen molar-refractivity contribution in [3.05, 3.63) is 209 Å². The fourth-order valence-corrected chi connectivity index (χ4v) is 11.8. The third-order valence-corrected chi connectivity index (χ3v) is 17.3. The number of ether oxygens (including phenoxy) is 4. The van der Waals surface area contributed by atoms with Gasteiger partial charge in [-0.15, -0.1) is 0 Å². The van der Waals surface area contributed by atoms with Crippen LogP contribution >= 0.6 is 0 Å². The van der Waals surface area contributed by atoms with Crippen LogP contribution in [0.3, 0.4) is 0 Å². The van der Waals surface area contributed by atoms with E-state index in [-0.39, 0.29) is 96.1 Å². The van der Waals surface area contributed by atoms with Gasteiger partial charge in [0.05, 0.1) is 12.5 Å². The summed E-state index contributed by atoms with van der Waals surface area (Å²) in [5.74, 6) is -8.73. The van der Waals surface area contributed by atoms with Crippen molar-refractivity contribution in [1.29, 1.82) is 0 Å². The van der Waals surface area contributed by atoms with Gasteiger partial charge in [-0.25, -0.2) is 9.59 Å². The molecule has 1 heterocycles. The first kappa shape index (κ1) is 87.6. The maximum absolute atomic E-state index is 14.7. The standard InChI is InChI=1S/C83H102N12O18/c1-82(2,3)112-71(100)48-67(79(107)91-64(74(84)102)45-53-25-11-7-12-26-53)92-76(104)63(90-78(106)66(47-58-49-87-61-34-20-19-33-60(58)61)93-80(108)111-51-55-27-13-8-14-28-55)36-24-44-86-69(98)38-22-21-37-68(97)85-43-23-35-62(89-77(105)65(94-81(109)113-83(4,5)6)46-54-39-41-59(96)42-40-54)75(103)88-50-72(101)110-52-70(99)95-73(56-29-15-9-16-30-56)57-31-17-10-18-32-57/h7-20,25-34,39-42,49,62-67,73,87,96H,21-24,35-38,43-48,50-52H2,1-6H3,(H2,84,102)(H,85,97)(H,86,98)(H,88,103)(H,89,105)(H,90,106)(H,91,107)(H,92,104)(H,93,108)(H,94,109)(H,95,99)/t62-,63-,64-,65-,66-,67-/m0/s1. The van der Waals surface area contributed by atoms with Crippen LogP contribution < -0.4 is 58.9 Å². The Kier molecular flexibility index (Phi) is 34.3. The Balaban J connectivity index is 0.966. The smallest absolute Gasteiger partial charge is 0.408 e. The van der Waals surface area contributed by atoms with Crippen LogP contribution in [0.2, 0.25) is 0 Å². The molecular formula is C83H102N12O18. The third-order valence-electron chi connectivity index (χ3n) is 17.3. The lowest BCUT2D eigenvalue weighted by Gasteiger charge is -2.27. The molecule has 602 valence electrons. The van der Waals surface area contributed by atoms with Crippen molar-refractivity contribution in [3.8, 4) is 5.75 Å². The Morgan fingerprint density at radius 3 is 1.44 bits per heavy atom. The number of benzene rings is 6. The number of hydrogen-bond acceptors (Lipinski definition) is 18. The largest absolute Gasteiger partial charge is 0.508 e. The number of carbonyl (C=O) groups is 13. The number of aromatic hydroxyl groups is 1. The van der Waals surface area contributed by atoms with Crippen LogP contribution in [0.25, 0.3) is 10.9 Å².